The fraction of sp³-hybridized carbons (Fsp3) is 0.667. The quantitative estimate of drug-likeness (QED) is 0.830. The van der Waals surface area contributed by atoms with Gasteiger partial charge in [-0.3, -0.25) is 4.90 Å². The molecule has 2 saturated heterocycles. The van der Waals surface area contributed by atoms with Gasteiger partial charge >= 0.3 is 0 Å². The number of fused-ring (bicyclic) bond motifs is 1. The van der Waals surface area contributed by atoms with E-state index in [4.69, 9.17) is 0 Å². The van der Waals surface area contributed by atoms with Crippen molar-refractivity contribution in [3.8, 4) is 0 Å². The summed E-state index contributed by atoms with van der Waals surface area (Å²) in [6.07, 6.45) is 5.49. The zero-order valence-electron chi connectivity index (χ0n) is 13.6. The normalized spacial score (nSPS) is 29.6. The molecular weight excluding hydrogens is 308 g/mol. The Labute approximate surface area is 139 Å². The second kappa shape index (κ2) is 6.19. The first-order valence-electron chi connectivity index (χ1n) is 8.87. The van der Waals surface area contributed by atoms with Crippen molar-refractivity contribution in [1.82, 2.24) is 9.21 Å². The van der Waals surface area contributed by atoms with Gasteiger partial charge < -0.3 is 0 Å². The summed E-state index contributed by atoms with van der Waals surface area (Å²) in [6.45, 7) is 3.71. The molecule has 126 valence electrons. The molecule has 1 aromatic carbocycles. The van der Waals surface area contributed by atoms with Crippen molar-refractivity contribution in [3.63, 3.8) is 0 Å². The Morgan fingerprint density at radius 2 is 1.74 bits per heavy atom. The molecule has 2 heterocycles. The first-order valence-corrected chi connectivity index (χ1v) is 10.5. The molecule has 1 aromatic rings. The van der Waals surface area contributed by atoms with Crippen molar-refractivity contribution in [2.45, 2.75) is 37.5 Å². The van der Waals surface area contributed by atoms with Crippen molar-refractivity contribution in [2.24, 2.45) is 11.8 Å². The fourth-order valence-electron chi connectivity index (χ4n) is 4.54. The maximum absolute atomic E-state index is 12.7. The van der Waals surface area contributed by atoms with Gasteiger partial charge in [0.15, 0.2) is 0 Å². The Morgan fingerprint density at radius 3 is 2.48 bits per heavy atom. The van der Waals surface area contributed by atoms with Gasteiger partial charge in [0.25, 0.3) is 0 Å². The highest BCUT2D eigenvalue weighted by Gasteiger charge is 2.48. The molecule has 3 fully saturated rings. The third-order valence-corrected chi connectivity index (χ3v) is 7.65. The molecule has 0 N–H and O–H groups in total. The molecule has 0 bridgehead atoms. The summed E-state index contributed by atoms with van der Waals surface area (Å²) in [6, 6.07) is 10.0. The number of benzene rings is 1. The highest BCUT2D eigenvalue weighted by molar-refractivity contribution is 7.88. The van der Waals surface area contributed by atoms with E-state index < -0.39 is 10.0 Å². The molecule has 0 aromatic heterocycles. The topological polar surface area (TPSA) is 40.6 Å². The minimum Gasteiger partial charge on any atom is -0.298 e. The molecule has 3 aliphatic rings. The largest absolute Gasteiger partial charge is 0.298 e. The number of likely N-dealkylation sites (tertiary alicyclic amines) is 1. The average Bonchev–Trinajstić information content (AvgIpc) is 3.13. The lowest BCUT2D eigenvalue weighted by Gasteiger charge is -2.44. The standard InChI is InChI=1S/C18H26N2O2S/c21-23(22,14-16-8-2-1-3-9-16)20-12-17-11-19(18(17)13-20)10-15-6-4-5-7-15/h1-3,8-9,15,17-18H,4-7,10-14H2. The zero-order chi connectivity index (χ0) is 15.9. The van der Waals surface area contributed by atoms with E-state index in [1.54, 1.807) is 4.31 Å². The number of hydrogen-bond acceptors (Lipinski definition) is 3. The van der Waals surface area contributed by atoms with Crippen LogP contribution in [0.15, 0.2) is 30.3 Å². The van der Waals surface area contributed by atoms with Crippen molar-refractivity contribution in [1.29, 1.82) is 0 Å². The Bertz CT molecular complexity index is 640. The molecule has 1 aliphatic carbocycles. The van der Waals surface area contributed by atoms with E-state index in [2.05, 4.69) is 4.90 Å². The van der Waals surface area contributed by atoms with Gasteiger partial charge in [-0.2, -0.15) is 4.31 Å². The molecule has 2 atom stereocenters. The molecule has 0 radical (unpaired) electrons. The van der Waals surface area contributed by atoms with E-state index in [1.165, 1.54) is 32.2 Å². The van der Waals surface area contributed by atoms with Crippen LogP contribution in [-0.2, 0) is 15.8 Å². The molecule has 5 heteroatoms. The van der Waals surface area contributed by atoms with Crippen LogP contribution in [0.5, 0.6) is 0 Å². The Hall–Kier alpha value is -0.910. The Morgan fingerprint density at radius 1 is 1.00 bits per heavy atom. The zero-order valence-corrected chi connectivity index (χ0v) is 14.4. The molecule has 2 aliphatic heterocycles. The summed E-state index contributed by atoms with van der Waals surface area (Å²) in [7, 11) is -3.18. The smallest absolute Gasteiger partial charge is 0.218 e. The van der Waals surface area contributed by atoms with Crippen LogP contribution in [0.4, 0.5) is 0 Å². The van der Waals surface area contributed by atoms with E-state index in [1.807, 2.05) is 30.3 Å². The molecule has 0 amide bonds. The van der Waals surface area contributed by atoms with Crippen LogP contribution in [0.3, 0.4) is 0 Å². The van der Waals surface area contributed by atoms with E-state index in [-0.39, 0.29) is 5.75 Å². The maximum Gasteiger partial charge on any atom is 0.218 e. The summed E-state index contributed by atoms with van der Waals surface area (Å²) in [5, 5.41) is 0. The molecule has 1 saturated carbocycles. The average molecular weight is 334 g/mol. The van der Waals surface area contributed by atoms with Crippen molar-refractivity contribution in [3.05, 3.63) is 35.9 Å². The molecule has 23 heavy (non-hydrogen) atoms. The maximum atomic E-state index is 12.7. The SMILES string of the molecule is O=S(=O)(Cc1ccccc1)N1CC2CN(CC3CCCC3)C2C1. The monoisotopic (exact) mass is 334 g/mol. The van der Waals surface area contributed by atoms with Gasteiger partial charge in [-0.1, -0.05) is 43.2 Å². The number of rotatable bonds is 5. The molecule has 4 nitrogen and oxygen atoms in total. The second-order valence-corrected chi connectivity index (χ2v) is 9.46. The predicted octanol–water partition coefficient (Wildman–Crippen LogP) is 2.32. The van der Waals surface area contributed by atoms with Crippen LogP contribution in [0.2, 0.25) is 0 Å². The first-order chi connectivity index (χ1) is 11.1. The number of nitrogens with zero attached hydrogens (tertiary/aromatic N) is 2. The van der Waals surface area contributed by atoms with Gasteiger partial charge in [-0.25, -0.2) is 8.42 Å². The molecule has 2 unspecified atom stereocenters. The van der Waals surface area contributed by atoms with Gasteiger partial charge in [0.05, 0.1) is 5.75 Å². The van der Waals surface area contributed by atoms with Crippen LogP contribution in [0.1, 0.15) is 31.2 Å². The van der Waals surface area contributed by atoms with Crippen LogP contribution in [-0.4, -0.2) is 49.8 Å². The summed E-state index contributed by atoms with van der Waals surface area (Å²) in [5.41, 5.74) is 0.884. The molecular formula is C18H26N2O2S. The van der Waals surface area contributed by atoms with Crippen LogP contribution in [0.25, 0.3) is 0 Å². The summed E-state index contributed by atoms with van der Waals surface area (Å²) in [4.78, 5) is 2.54. The van der Waals surface area contributed by atoms with Crippen molar-refractivity contribution < 1.29 is 8.42 Å². The lowest BCUT2D eigenvalue weighted by Crippen LogP contribution is -2.56. The Balaban J connectivity index is 1.36. The van der Waals surface area contributed by atoms with Gasteiger partial charge in [0, 0.05) is 38.1 Å². The van der Waals surface area contributed by atoms with E-state index in [0.29, 0.717) is 18.5 Å². The highest BCUT2D eigenvalue weighted by atomic mass is 32.2. The first kappa shape index (κ1) is 15.6. The summed E-state index contributed by atoms with van der Waals surface area (Å²) in [5.74, 6) is 1.54. The molecule has 0 spiro atoms. The van der Waals surface area contributed by atoms with Crippen LogP contribution >= 0.6 is 0 Å². The lowest BCUT2D eigenvalue weighted by molar-refractivity contribution is 0.0365. The highest BCUT2D eigenvalue weighted by Crippen LogP contribution is 2.37. The third kappa shape index (κ3) is 3.19. The van der Waals surface area contributed by atoms with Gasteiger partial charge in [-0.15, -0.1) is 0 Å². The van der Waals surface area contributed by atoms with E-state index >= 15 is 0 Å². The lowest BCUT2D eigenvalue weighted by atomic mass is 9.90. The fourth-order valence-corrected chi connectivity index (χ4v) is 6.14. The predicted molar refractivity (Wildman–Crippen MR) is 91.4 cm³/mol. The van der Waals surface area contributed by atoms with E-state index in [0.717, 1.165) is 24.6 Å². The van der Waals surface area contributed by atoms with Gasteiger partial charge in [0.2, 0.25) is 10.0 Å². The number of sulfonamides is 1. The van der Waals surface area contributed by atoms with Crippen molar-refractivity contribution >= 4 is 10.0 Å². The van der Waals surface area contributed by atoms with Gasteiger partial charge in [0.1, 0.15) is 0 Å². The summed E-state index contributed by atoms with van der Waals surface area (Å²) >= 11 is 0. The van der Waals surface area contributed by atoms with Crippen LogP contribution in [0, 0.1) is 11.8 Å². The van der Waals surface area contributed by atoms with E-state index in [9.17, 15) is 8.42 Å². The minimum atomic E-state index is -3.18. The van der Waals surface area contributed by atoms with Gasteiger partial charge in [-0.05, 0) is 24.3 Å². The summed E-state index contributed by atoms with van der Waals surface area (Å²) < 4.78 is 27.1. The Kier molecular flexibility index (Phi) is 4.20. The second-order valence-electron chi connectivity index (χ2n) is 7.49. The minimum absolute atomic E-state index is 0.135. The van der Waals surface area contributed by atoms with Crippen molar-refractivity contribution in [2.75, 3.05) is 26.2 Å². The number of hydrogen-bond donors (Lipinski definition) is 0. The third-order valence-electron chi connectivity index (χ3n) is 5.86. The molecule has 4 rings (SSSR count). The van der Waals surface area contributed by atoms with Crippen LogP contribution < -0.4 is 0 Å².